The molecule has 180 valence electrons. The molecule has 2 N–H and O–H groups in total. The second kappa shape index (κ2) is 7.58. The quantitative estimate of drug-likeness (QED) is 0.632. The van der Waals surface area contributed by atoms with Crippen LogP contribution in [0.15, 0.2) is 22.2 Å². The largest absolute Gasteiger partial charge is 0.457 e. The van der Waals surface area contributed by atoms with Crippen LogP contribution in [-0.4, -0.2) is 53.5 Å². The lowest BCUT2D eigenvalue weighted by Crippen LogP contribution is -2.64. The molecule has 1 aromatic carbocycles. The maximum atomic E-state index is 13.8. The van der Waals surface area contributed by atoms with E-state index in [1.54, 1.807) is 19.9 Å². The second-order valence-electron chi connectivity index (χ2n) is 9.15. The average molecular weight is 470 g/mol. The van der Waals surface area contributed by atoms with Crippen molar-refractivity contribution >= 4 is 17.1 Å². The summed E-state index contributed by atoms with van der Waals surface area (Å²) < 4.78 is 23.0. The molecule has 1 aliphatic carbocycles. The first-order chi connectivity index (χ1) is 16.1. The number of hydrogen-bond acceptors (Lipinski definition) is 9. The van der Waals surface area contributed by atoms with Gasteiger partial charge in [-0.3, -0.25) is 14.4 Å². The van der Waals surface area contributed by atoms with Crippen molar-refractivity contribution in [2.24, 2.45) is 0 Å². The molecule has 0 amide bonds. The molecule has 1 aromatic rings. The summed E-state index contributed by atoms with van der Waals surface area (Å²) in [6.45, 7) is 6.60. The summed E-state index contributed by atoms with van der Waals surface area (Å²) >= 11 is 0. The summed E-state index contributed by atoms with van der Waals surface area (Å²) in [6, 6.07) is 0. The summed E-state index contributed by atoms with van der Waals surface area (Å²) in [5, 5.41) is 22.8. The van der Waals surface area contributed by atoms with Gasteiger partial charge in [-0.1, -0.05) is 6.92 Å². The Labute approximate surface area is 195 Å². The minimum absolute atomic E-state index is 0.0154. The number of methoxy groups -OCH3 is 1. The number of ketones is 2. The number of carbonyl (C=O) groups excluding carboxylic acids is 2. The third-order valence-electron chi connectivity index (χ3n) is 7.03. The van der Waals surface area contributed by atoms with E-state index in [-0.39, 0.29) is 51.5 Å². The Morgan fingerprint density at radius 3 is 2.56 bits per heavy atom. The number of rotatable bonds is 4. The fraction of sp³-hybridized carbons (Fsp3) is 0.480. The Morgan fingerprint density at radius 2 is 1.91 bits per heavy atom. The molecule has 3 heterocycles. The molecule has 0 radical (unpaired) electrons. The minimum atomic E-state index is -2.26. The number of allylic oxidation sites excluding steroid dienone is 4. The van der Waals surface area contributed by atoms with Crippen LogP contribution in [0.3, 0.4) is 0 Å². The number of fused-ring (bicyclic) bond motifs is 4. The van der Waals surface area contributed by atoms with Crippen LogP contribution in [-0.2, 0) is 19.9 Å². The summed E-state index contributed by atoms with van der Waals surface area (Å²) in [4.78, 5) is 40.1. The third-order valence-corrected chi connectivity index (χ3v) is 7.03. The molecule has 0 bridgehead atoms. The van der Waals surface area contributed by atoms with Crippen LogP contribution >= 0.6 is 0 Å². The molecule has 9 heteroatoms. The van der Waals surface area contributed by atoms with E-state index in [4.69, 9.17) is 18.9 Å². The Kier molecular flexibility index (Phi) is 5.11. The maximum absolute atomic E-state index is 13.8. The Balaban J connectivity index is 1.85. The molecule has 0 spiro atoms. The van der Waals surface area contributed by atoms with Gasteiger partial charge in [-0.15, -0.1) is 0 Å². The first-order valence-electron chi connectivity index (χ1n) is 11.3. The van der Waals surface area contributed by atoms with Crippen LogP contribution in [0.2, 0.25) is 0 Å². The predicted molar refractivity (Wildman–Crippen MR) is 119 cm³/mol. The van der Waals surface area contributed by atoms with Crippen molar-refractivity contribution in [1.29, 1.82) is 0 Å². The van der Waals surface area contributed by atoms with Gasteiger partial charge >= 0.3 is 0 Å². The minimum Gasteiger partial charge on any atom is -0.457 e. The summed E-state index contributed by atoms with van der Waals surface area (Å²) in [7, 11) is 1.36. The van der Waals surface area contributed by atoms with Gasteiger partial charge in [0.25, 0.3) is 0 Å². The molecule has 9 nitrogen and oxygen atoms in total. The van der Waals surface area contributed by atoms with Crippen molar-refractivity contribution in [3.8, 4) is 11.5 Å². The molecular weight excluding hydrogens is 444 g/mol. The third kappa shape index (κ3) is 2.72. The molecule has 5 rings (SSSR count). The summed E-state index contributed by atoms with van der Waals surface area (Å²) in [6.07, 6.45) is -2.21. The molecule has 1 fully saturated rings. The van der Waals surface area contributed by atoms with Crippen LogP contribution in [0.1, 0.15) is 60.7 Å². The first kappa shape index (κ1) is 22.9. The lowest BCUT2D eigenvalue weighted by Gasteiger charge is -2.44. The standard InChI is InChI=1S/C25H26O9/c1-6-7-13(26)15-12-8-9(2)32-21-16(12)14(19(15)28)10(3)18(27)17-22(21)34-24-25(17,30)23(29)20(31-5)11(4)33-24/h8,11,20,23-24,29-30H,6-7H2,1-5H3/t11-,20-,23-,24+,25-/m1/s1. The Morgan fingerprint density at radius 1 is 1.21 bits per heavy atom. The van der Waals surface area contributed by atoms with Crippen molar-refractivity contribution in [1.82, 2.24) is 0 Å². The smallest absolute Gasteiger partial charge is 0.236 e. The Hall–Kier alpha value is -2.85. The van der Waals surface area contributed by atoms with Crippen molar-refractivity contribution in [3.63, 3.8) is 0 Å². The van der Waals surface area contributed by atoms with Gasteiger partial charge in [0.05, 0.1) is 17.2 Å². The SMILES string of the molecule is CCCC(=O)C1=C2C=C(C)Oc3c4c(c(=O)c(C)c(c32)C1=O)[C@]1(O)[C@H](O4)O[C@H](C)[C@@H](OC)[C@H]1O. The Bertz CT molecular complexity index is 1270. The summed E-state index contributed by atoms with van der Waals surface area (Å²) in [5.41, 5.74) is -2.50. The van der Waals surface area contributed by atoms with Gasteiger partial charge in [-0.25, -0.2) is 0 Å². The number of ether oxygens (including phenoxy) is 4. The molecule has 34 heavy (non-hydrogen) atoms. The highest BCUT2D eigenvalue weighted by molar-refractivity contribution is 6.37. The zero-order chi connectivity index (χ0) is 24.7. The highest BCUT2D eigenvalue weighted by Gasteiger charge is 2.63. The number of carbonyl (C=O) groups is 2. The van der Waals surface area contributed by atoms with E-state index in [9.17, 15) is 24.6 Å². The van der Waals surface area contributed by atoms with Crippen LogP contribution < -0.4 is 14.9 Å². The van der Waals surface area contributed by atoms with E-state index in [1.807, 2.05) is 6.92 Å². The molecule has 3 aliphatic heterocycles. The van der Waals surface area contributed by atoms with Crippen LogP contribution in [0.4, 0.5) is 0 Å². The number of aliphatic hydroxyl groups excluding tert-OH is 1. The van der Waals surface area contributed by atoms with Gasteiger partial charge in [0.2, 0.25) is 6.29 Å². The van der Waals surface area contributed by atoms with Crippen molar-refractivity contribution in [2.45, 2.75) is 70.7 Å². The fourth-order valence-electron chi connectivity index (χ4n) is 5.42. The maximum Gasteiger partial charge on any atom is 0.236 e. The monoisotopic (exact) mass is 470 g/mol. The van der Waals surface area contributed by atoms with E-state index in [1.165, 1.54) is 14.0 Å². The van der Waals surface area contributed by atoms with E-state index in [0.717, 1.165) is 0 Å². The molecular formula is C25H26O9. The van der Waals surface area contributed by atoms with Gasteiger partial charge in [0.1, 0.15) is 18.0 Å². The van der Waals surface area contributed by atoms with E-state index < -0.39 is 41.4 Å². The molecule has 0 saturated carbocycles. The topological polar surface area (TPSA) is 129 Å². The van der Waals surface area contributed by atoms with E-state index in [0.29, 0.717) is 17.8 Å². The van der Waals surface area contributed by atoms with Crippen molar-refractivity contribution < 1.29 is 38.7 Å². The van der Waals surface area contributed by atoms with Crippen LogP contribution in [0.5, 0.6) is 11.5 Å². The molecule has 1 saturated heterocycles. The molecule has 0 aromatic heterocycles. The van der Waals surface area contributed by atoms with Crippen LogP contribution in [0.25, 0.3) is 5.57 Å². The zero-order valence-corrected chi connectivity index (χ0v) is 19.6. The highest BCUT2D eigenvalue weighted by Crippen LogP contribution is 2.55. The van der Waals surface area contributed by atoms with Gasteiger partial charge < -0.3 is 29.2 Å². The molecule has 5 atom stereocenters. The van der Waals surface area contributed by atoms with Gasteiger partial charge in [0, 0.05) is 35.8 Å². The first-order valence-corrected chi connectivity index (χ1v) is 11.3. The van der Waals surface area contributed by atoms with Gasteiger partial charge in [-0.2, -0.15) is 0 Å². The lowest BCUT2D eigenvalue weighted by molar-refractivity contribution is -0.310. The normalized spacial score (nSPS) is 30.8. The van der Waals surface area contributed by atoms with Crippen molar-refractivity contribution in [3.05, 3.63) is 49.9 Å². The molecule has 0 unspecified atom stereocenters. The molecule has 4 aliphatic rings. The lowest BCUT2D eigenvalue weighted by atomic mass is 9.82. The van der Waals surface area contributed by atoms with Crippen molar-refractivity contribution in [2.75, 3.05) is 7.11 Å². The average Bonchev–Trinajstić information content (AvgIpc) is 3.21. The number of hydrogen-bond donors (Lipinski definition) is 2. The predicted octanol–water partition coefficient (Wildman–Crippen LogP) is 1.67. The van der Waals surface area contributed by atoms with Gasteiger partial charge in [0.15, 0.2) is 34.1 Å². The van der Waals surface area contributed by atoms with E-state index >= 15 is 0 Å². The van der Waals surface area contributed by atoms with E-state index in [2.05, 4.69) is 0 Å². The number of aliphatic hydroxyl groups is 2. The van der Waals surface area contributed by atoms with Crippen LogP contribution in [0, 0.1) is 6.92 Å². The second-order valence-corrected chi connectivity index (χ2v) is 9.15. The number of Topliss-reactive ketones (excluding diaryl/α,β-unsaturated/α-hetero) is 2. The summed E-state index contributed by atoms with van der Waals surface area (Å²) in [5.74, 6) is -0.580. The van der Waals surface area contributed by atoms with Gasteiger partial charge in [-0.05, 0) is 33.3 Å². The fourth-order valence-corrected chi connectivity index (χ4v) is 5.42. The highest BCUT2D eigenvalue weighted by atomic mass is 16.7. The zero-order valence-electron chi connectivity index (χ0n) is 19.6.